The van der Waals surface area contributed by atoms with E-state index in [-0.39, 0.29) is 17.7 Å². The smallest absolute Gasteiger partial charge is 0.309 e. The van der Waals surface area contributed by atoms with Crippen LogP contribution in [-0.4, -0.2) is 4.92 Å². The summed E-state index contributed by atoms with van der Waals surface area (Å²) in [5.41, 5.74) is 5.19. The number of nitro benzene ring substituents is 1. The highest BCUT2D eigenvalue weighted by molar-refractivity contribution is 5.44. The highest BCUT2D eigenvalue weighted by Crippen LogP contribution is 2.24. The van der Waals surface area contributed by atoms with Crippen LogP contribution in [0.2, 0.25) is 0 Å². The Morgan fingerprint density at radius 1 is 1.62 bits per heavy atom. The molecule has 0 aliphatic heterocycles. The van der Waals surface area contributed by atoms with E-state index in [1.54, 1.807) is 0 Å². The maximum atomic E-state index is 13.2. The van der Waals surface area contributed by atoms with Gasteiger partial charge in [-0.2, -0.15) is 4.39 Å². The average molecular weight is 184 g/mol. The van der Waals surface area contributed by atoms with Gasteiger partial charge in [0.1, 0.15) is 0 Å². The maximum absolute atomic E-state index is 13.2. The first-order valence-corrected chi connectivity index (χ1v) is 3.70. The standard InChI is InChI=1S/C8H9FN2O2/c1-5-2-3-6(4-10)8(7(5)9)11(12)13/h2-3H,4,10H2,1H3. The van der Waals surface area contributed by atoms with Gasteiger partial charge in [0.15, 0.2) is 0 Å². The van der Waals surface area contributed by atoms with Crippen LogP contribution in [0.15, 0.2) is 12.1 Å². The first-order valence-electron chi connectivity index (χ1n) is 3.70. The summed E-state index contributed by atoms with van der Waals surface area (Å²) in [4.78, 5) is 9.72. The highest BCUT2D eigenvalue weighted by Gasteiger charge is 2.20. The fourth-order valence-electron chi connectivity index (χ4n) is 1.07. The summed E-state index contributed by atoms with van der Waals surface area (Å²) in [7, 11) is 0. The SMILES string of the molecule is Cc1ccc(CN)c([N+](=O)[O-])c1F. The van der Waals surface area contributed by atoms with Gasteiger partial charge in [0.2, 0.25) is 5.82 Å². The number of nitrogens with two attached hydrogens (primary N) is 1. The van der Waals surface area contributed by atoms with Gasteiger partial charge in [-0.15, -0.1) is 0 Å². The monoisotopic (exact) mass is 184 g/mol. The lowest BCUT2D eigenvalue weighted by Gasteiger charge is -2.02. The molecule has 13 heavy (non-hydrogen) atoms. The molecule has 0 amide bonds. The molecule has 0 bridgehead atoms. The second-order valence-electron chi connectivity index (χ2n) is 2.67. The van der Waals surface area contributed by atoms with E-state index in [9.17, 15) is 14.5 Å². The zero-order chi connectivity index (χ0) is 10.0. The molecule has 4 nitrogen and oxygen atoms in total. The van der Waals surface area contributed by atoms with E-state index < -0.39 is 16.4 Å². The molecule has 1 aromatic carbocycles. The van der Waals surface area contributed by atoms with Gasteiger partial charge >= 0.3 is 5.69 Å². The van der Waals surface area contributed by atoms with E-state index in [0.717, 1.165) is 0 Å². The van der Waals surface area contributed by atoms with Gasteiger partial charge in [-0.25, -0.2) is 0 Å². The summed E-state index contributed by atoms with van der Waals surface area (Å²) in [6, 6.07) is 2.95. The summed E-state index contributed by atoms with van der Waals surface area (Å²) in [6.07, 6.45) is 0. The zero-order valence-corrected chi connectivity index (χ0v) is 7.08. The molecule has 0 spiro atoms. The highest BCUT2D eigenvalue weighted by atomic mass is 19.1. The molecule has 0 saturated carbocycles. The van der Waals surface area contributed by atoms with Crippen molar-refractivity contribution in [2.75, 3.05) is 0 Å². The minimum Gasteiger partial charge on any atom is -0.326 e. The van der Waals surface area contributed by atoms with Crippen LogP contribution in [0.5, 0.6) is 0 Å². The largest absolute Gasteiger partial charge is 0.326 e. The zero-order valence-electron chi connectivity index (χ0n) is 7.08. The minimum absolute atomic E-state index is 0.0342. The Balaban J connectivity index is 3.41. The lowest BCUT2D eigenvalue weighted by atomic mass is 10.1. The molecular weight excluding hydrogens is 175 g/mol. The Morgan fingerprint density at radius 2 is 2.23 bits per heavy atom. The molecule has 0 aliphatic carbocycles. The Morgan fingerprint density at radius 3 is 2.69 bits per heavy atom. The summed E-state index contributed by atoms with van der Waals surface area (Å²) in [6.45, 7) is 1.44. The van der Waals surface area contributed by atoms with Crippen molar-refractivity contribution in [2.45, 2.75) is 13.5 Å². The van der Waals surface area contributed by atoms with Crippen LogP contribution in [-0.2, 0) is 6.54 Å². The number of hydrogen-bond acceptors (Lipinski definition) is 3. The average Bonchev–Trinajstić information content (AvgIpc) is 2.08. The Hall–Kier alpha value is -1.49. The quantitative estimate of drug-likeness (QED) is 0.559. The Kier molecular flexibility index (Phi) is 2.57. The van der Waals surface area contributed by atoms with E-state index in [1.807, 2.05) is 0 Å². The lowest BCUT2D eigenvalue weighted by Crippen LogP contribution is -2.04. The van der Waals surface area contributed by atoms with Crippen molar-refractivity contribution >= 4 is 5.69 Å². The van der Waals surface area contributed by atoms with Gasteiger partial charge in [0, 0.05) is 12.1 Å². The van der Waals surface area contributed by atoms with Crippen molar-refractivity contribution in [2.24, 2.45) is 5.73 Å². The third-order valence-electron chi connectivity index (χ3n) is 1.80. The minimum atomic E-state index is -0.798. The fourth-order valence-corrected chi connectivity index (χ4v) is 1.07. The molecule has 0 unspecified atom stereocenters. The molecule has 70 valence electrons. The molecule has 0 atom stereocenters. The molecule has 1 aromatic rings. The van der Waals surface area contributed by atoms with E-state index in [0.29, 0.717) is 0 Å². The third-order valence-corrected chi connectivity index (χ3v) is 1.80. The summed E-state index contributed by atoms with van der Waals surface area (Å²) >= 11 is 0. The maximum Gasteiger partial charge on any atom is 0.309 e. The number of aryl methyl sites for hydroxylation is 1. The van der Waals surface area contributed by atoms with Crippen molar-refractivity contribution in [1.82, 2.24) is 0 Å². The van der Waals surface area contributed by atoms with E-state index >= 15 is 0 Å². The van der Waals surface area contributed by atoms with Crippen LogP contribution >= 0.6 is 0 Å². The number of nitro groups is 1. The second-order valence-corrected chi connectivity index (χ2v) is 2.67. The van der Waals surface area contributed by atoms with Crippen molar-refractivity contribution in [3.8, 4) is 0 Å². The molecule has 0 aliphatic rings. The van der Waals surface area contributed by atoms with Crippen LogP contribution in [0.1, 0.15) is 11.1 Å². The lowest BCUT2D eigenvalue weighted by molar-refractivity contribution is -0.388. The summed E-state index contributed by atoms with van der Waals surface area (Å²) in [5.74, 6) is -0.798. The number of halogens is 1. The van der Waals surface area contributed by atoms with E-state index in [2.05, 4.69) is 0 Å². The number of rotatable bonds is 2. The molecule has 1 rings (SSSR count). The van der Waals surface area contributed by atoms with Gasteiger partial charge < -0.3 is 5.73 Å². The van der Waals surface area contributed by atoms with Crippen LogP contribution in [0.25, 0.3) is 0 Å². The number of hydrogen-bond donors (Lipinski definition) is 1. The van der Waals surface area contributed by atoms with E-state index in [4.69, 9.17) is 5.73 Å². The van der Waals surface area contributed by atoms with Crippen molar-refractivity contribution in [3.63, 3.8) is 0 Å². The van der Waals surface area contributed by atoms with Crippen LogP contribution in [0, 0.1) is 22.9 Å². The molecule has 0 fully saturated rings. The molecule has 2 N–H and O–H groups in total. The first kappa shape index (κ1) is 9.60. The normalized spacial score (nSPS) is 10.1. The van der Waals surface area contributed by atoms with Gasteiger partial charge in [-0.3, -0.25) is 10.1 Å². The topological polar surface area (TPSA) is 69.2 Å². The molecule has 5 heteroatoms. The molecular formula is C8H9FN2O2. The van der Waals surface area contributed by atoms with Crippen molar-refractivity contribution in [3.05, 3.63) is 39.2 Å². The van der Waals surface area contributed by atoms with Gasteiger partial charge in [0.05, 0.1) is 4.92 Å². The van der Waals surface area contributed by atoms with Crippen molar-refractivity contribution in [1.29, 1.82) is 0 Å². The van der Waals surface area contributed by atoms with Gasteiger partial charge in [-0.1, -0.05) is 12.1 Å². The van der Waals surface area contributed by atoms with Crippen LogP contribution < -0.4 is 5.73 Å². The second kappa shape index (κ2) is 3.49. The predicted octanol–water partition coefficient (Wildman–Crippen LogP) is 1.50. The molecule has 0 saturated heterocycles. The molecule has 0 heterocycles. The molecule has 0 radical (unpaired) electrons. The Labute approximate surface area is 74.3 Å². The summed E-state index contributed by atoms with van der Waals surface area (Å²) in [5, 5.41) is 10.5. The Bertz CT molecular complexity index is 352. The van der Waals surface area contributed by atoms with Crippen LogP contribution in [0.4, 0.5) is 10.1 Å². The number of benzene rings is 1. The van der Waals surface area contributed by atoms with Gasteiger partial charge in [0.25, 0.3) is 0 Å². The predicted molar refractivity (Wildman–Crippen MR) is 45.7 cm³/mol. The van der Waals surface area contributed by atoms with Crippen LogP contribution in [0.3, 0.4) is 0 Å². The first-order chi connectivity index (χ1) is 6.07. The third kappa shape index (κ3) is 1.65. The fraction of sp³-hybridized carbons (Fsp3) is 0.250. The van der Waals surface area contributed by atoms with Crippen molar-refractivity contribution < 1.29 is 9.31 Å². The van der Waals surface area contributed by atoms with E-state index in [1.165, 1.54) is 19.1 Å². The number of nitrogens with zero attached hydrogens (tertiary/aromatic N) is 1. The molecule has 0 aromatic heterocycles. The summed E-state index contributed by atoms with van der Waals surface area (Å²) < 4.78 is 13.2. The van der Waals surface area contributed by atoms with Gasteiger partial charge in [-0.05, 0) is 12.5 Å².